The third-order valence-electron chi connectivity index (χ3n) is 2.28. The summed E-state index contributed by atoms with van der Waals surface area (Å²) in [5.74, 6) is 0.634. The summed E-state index contributed by atoms with van der Waals surface area (Å²) in [6.45, 7) is 2.19. The number of hydrogen-bond acceptors (Lipinski definition) is 2. The van der Waals surface area contributed by atoms with Crippen molar-refractivity contribution in [3.05, 3.63) is 29.0 Å². The molecular formula is C9H11ClN2. The van der Waals surface area contributed by atoms with Gasteiger partial charge in [0.2, 0.25) is 0 Å². The van der Waals surface area contributed by atoms with Gasteiger partial charge in [-0.05, 0) is 30.5 Å². The number of aromatic nitrogens is 1. The number of nitrogens with zero attached hydrogens (tertiary/aromatic N) is 1. The van der Waals surface area contributed by atoms with Crippen LogP contribution in [0.5, 0.6) is 0 Å². The number of halogens is 1. The predicted molar refractivity (Wildman–Crippen MR) is 49.5 cm³/mol. The summed E-state index contributed by atoms with van der Waals surface area (Å²) in [4.78, 5) is 4.06. The van der Waals surface area contributed by atoms with Crippen LogP contribution in [0, 0.1) is 0 Å². The maximum absolute atomic E-state index is 5.69. The van der Waals surface area contributed by atoms with Gasteiger partial charge in [0.05, 0.1) is 0 Å². The fourth-order valence-corrected chi connectivity index (χ4v) is 1.68. The minimum atomic E-state index is 0.574. The van der Waals surface area contributed by atoms with Crippen LogP contribution >= 0.6 is 11.6 Å². The van der Waals surface area contributed by atoms with Gasteiger partial charge in [-0.3, -0.25) is 0 Å². The predicted octanol–water partition coefficient (Wildman–Crippen LogP) is 1.81. The molecule has 0 saturated carbocycles. The smallest absolute Gasteiger partial charge is 0.129 e. The van der Waals surface area contributed by atoms with Crippen LogP contribution < -0.4 is 5.32 Å². The van der Waals surface area contributed by atoms with Gasteiger partial charge in [0, 0.05) is 12.7 Å². The molecule has 3 heteroatoms. The third kappa shape index (κ3) is 1.59. The Bertz CT molecular complexity index is 252. The molecular weight excluding hydrogens is 172 g/mol. The minimum Gasteiger partial charge on any atom is -0.316 e. The molecule has 1 saturated heterocycles. The Labute approximate surface area is 77.0 Å². The van der Waals surface area contributed by atoms with Crippen molar-refractivity contribution in [1.29, 1.82) is 0 Å². The van der Waals surface area contributed by atoms with Crippen LogP contribution in [0.1, 0.15) is 17.9 Å². The van der Waals surface area contributed by atoms with E-state index in [1.165, 1.54) is 12.0 Å². The van der Waals surface area contributed by atoms with E-state index in [-0.39, 0.29) is 0 Å². The van der Waals surface area contributed by atoms with Crippen molar-refractivity contribution in [3.8, 4) is 0 Å². The average Bonchev–Trinajstić information content (AvgIpc) is 2.58. The van der Waals surface area contributed by atoms with Crippen molar-refractivity contribution in [1.82, 2.24) is 10.3 Å². The lowest BCUT2D eigenvalue weighted by Gasteiger charge is -2.06. The van der Waals surface area contributed by atoms with E-state index in [0.717, 1.165) is 13.1 Å². The van der Waals surface area contributed by atoms with E-state index in [1.54, 1.807) is 0 Å². The SMILES string of the molecule is Clc1ccc([C@@H]2CCNC2)cn1. The van der Waals surface area contributed by atoms with E-state index in [2.05, 4.69) is 16.4 Å². The van der Waals surface area contributed by atoms with Gasteiger partial charge in [-0.2, -0.15) is 0 Å². The van der Waals surface area contributed by atoms with Gasteiger partial charge in [-0.15, -0.1) is 0 Å². The summed E-state index contributed by atoms with van der Waals surface area (Å²) >= 11 is 5.69. The van der Waals surface area contributed by atoms with Crippen LogP contribution in [0.4, 0.5) is 0 Å². The molecule has 1 aromatic rings. The molecule has 0 radical (unpaired) electrons. The second-order valence-corrected chi connectivity index (χ2v) is 3.49. The Kier molecular flexibility index (Phi) is 2.28. The van der Waals surface area contributed by atoms with Crippen molar-refractivity contribution in [2.45, 2.75) is 12.3 Å². The first-order chi connectivity index (χ1) is 5.86. The highest BCUT2D eigenvalue weighted by Crippen LogP contribution is 2.21. The Balaban J connectivity index is 2.17. The molecule has 1 aliphatic rings. The van der Waals surface area contributed by atoms with Crippen LogP contribution in [0.25, 0.3) is 0 Å². The molecule has 2 nitrogen and oxygen atoms in total. The molecule has 1 aliphatic heterocycles. The van der Waals surface area contributed by atoms with E-state index in [9.17, 15) is 0 Å². The molecule has 2 heterocycles. The molecule has 12 heavy (non-hydrogen) atoms. The molecule has 1 atom stereocenters. The van der Waals surface area contributed by atoms with Crippen LogP contribution in [0.3, 0.4) is 0 Å². The molecule has 0 aliphatic carbocycles. The van der Waals surface area contributed by atoms with E-state index in [1.807, 2.05) is 12.3 Å². The Morgan fingerprint density at radius 1 is 1.50 bits per heavy atom. The van der Waals surface area contributed by atoms with Crippen molar-refractivity contribution in [2.24, 2.45) is 0 Å². The molecule has 0 amide bonds. The zero-order valence-corrected chi connectivity index (χ0v) is 7.51. The second kappa shape index (κ2) is 3.42. The van der Waals surface area contributed by atoms with Crippen molar-refractivity contribution < 1.29 is 0 Å². The van der Waals surface area contributed by atoms with Crippen molar-refractivity contribution in [3.63, 3.8) is 0 Å². The first kappa shape index (κ1) is 8.02. The average molecular weight is 183 g/mol. The number of nitrogens with one attached hydrogen (secondary N) is 1. The molecule has 1 N–H and O–H groups in total. The first-order valence-electron chi connectivity index (χ1n) is 4.18. The molecule has 2 rings (SSSR count). The molecule has 0 aromatic carbocycles. The first-order valence-corrected chi connectivity index (χ1v) is 4.56. The number of pyridine rings is 1. The highest BCUT2D eigenvalue weighted by atomic mass is 35.5. The number of rotatable bonds is 1. The van der Waals surface area contributed by atoms with Gasteiger partial charge in [0.15, 0.2) is 0 Å². The summed E-state index contributed by atoms with van der Waals surface area (Å²) in [7, 11) is 0. The normalized spacial score (nSPS) is 22.9. The Morgan fingerprint density at radius 2 is 2.42 bits per heavy atom. The summed E-state index contributed by atoms with van der Waals surface area (Å²) in [5, 5.41) is 3.90. The standard InChI is InChI=1S/C9H11ClN2/c10-9-2-1-7(6-12-9)8-3-4-11-5-8/h1-2,6,8,11H,3-5H2/t8-/m1/s1. The van der Waals surface area contributed by atoms with Gasteiger partial charge >= 0.3 is 0 Å². The lowest BCUT2D eigenvalue weighted by molar-refractivity contribution is 0.759. The summed E-state index contributed by atoms with van der Waals surface area (Å²) in [6, 6.07) is 3.92. The zero-order valence-electron chi connectivity index (χ0n) is 6.76. The highest BCUT2D eigenvalue weighted by molar-refractivity contribution is 6.29. The van der Waals surface area contributed by atoms with E-state index >= 15 is 0 Å². The fourth-order valence-electron chi connectivity index (χ4n) is 1.57. The zero-order chi connectivity index (χ0) is 8.39. The van der Waals surface area contributed by atoms with Crippen LogP contribution in [-0.2, 0) is 0 Å². The summed E-state index contributed by atoms with van der Waals surface area (Å²) in [6.07, 6.45) is 3.09. The van der Waals surface area contributed by atoms with Gasteiger partial charge in [0.1, 0.15) is 5.15 Å². The molecule has 0 unspecified atom stereocenters. The third-order valence-corrected chi connectivity index (χ3v) is 2.51. The highest BCUT2D eigenvalue weighted by Gasteiger charge is 2.16. The van der Waals surface area contributed by atoms with E-state index < -0.39 is 0 Å². The Hall–Kier alpha value is -0.600. The second-order valence-electron chi connectivity index (χ2n) is 3.10. The van der Waals surface area contributed by atoms with E-state index in [4.69, 9.17) is 11.6 Å². The van der Waals surface area contributed by atoms with Gasteiger partial charge in [-0.1, -0.05) is 17.7 Å². The topological polar surface area (TPSA) is 24.9 Å². The molecule has 64 valence electrons. The van der Waals surface area contributed by atoms with Crippen molar-refractivity contribution >= 4 is 11.6 Å². The van der Waals surface area contributed by atoms with Gasteiger partial charge < -0.3 is 5.32 Å². The molecule has 1 fully saturated rings. The van der Waals surface area contributed by atoms with E-state index in [0.29, 0.717) is 11.1 Å². The van der Waals surface area contributed by atoms with Crippen molar-refractivity contribution in [2.75, 3.05) is 13.1 Å². The van der Waals surface area contributed by atoms with Gasteiger partial charge in [-0.25, -0.2) is 4.98 Å². The largest absolute Gasteiger partial charge is 0.316 e. The quantitative estimate of drug-likeness (QED) is 0.671. The maximum Gasteiger partial charge on any atom is 0.129 e. The van der Waals surface area contributed by atoms with Crippen LogP contribution in [0.2, 0.25) is 5.15 Å². The lowest BCUT2D eigenvalue weighted by Crippen LogP contribution is -2.07. The lowest BCUT2D eigenvalue weighted by atomic mass is 10.0. The number of hydrogen-bond donors (Lipinski definition) is 1. The fraction of sp³-hybridized carbons (Fsp3) is 0.444. The minimum absolute atomic E-state index is 0.574. The summed E-state index contributed by atoms with van der Waals surface area (Å²) in [5.41, 5.74) is 1.30. The maximum atomic E-state index is 5.69. The van der Waals surface area contributed by atoms with Crippen LogP contribution in [0.15, 0.2) is 18.3 Å². The van der Waals surface area contributed by atoms with Gasteiger partial charge in [0.25, 0.3) is 0 Å². The molecule has 0 spiro atoms. The molecule has 1 aromatic heterocycles. The summed E-state index contributed by atoms with van der Waals surface area (Å²) < 4.78 is 0. The monoisotopic (exact) mass is 182 g/mol. The molecule has 0 bridgehead atoms. The van der Waals surface area contributed by atoms with Crippen LogP contribution in [-0.4, -0.2) is 18.1 Å². The Morgan fingerprint density at radius 3 is 3.00 bits per heavy atom.